The van der Waals surface area contributed by atoms with Crippen molar-refractivity contribution in [1.29, 1.82) is 0 Å². The molecule has 1 aromatic heterocycles. The molecule has 1 atom stereocenters. The first-order chi connectivity index (χ1) is 7.79. The Morgan fingerprint density at radius 3 is 3.00 bits per heavy atom. The van der Waals surface area contributed by atoms with Gasteiger partial charge in [-0.25, -0.2) is 4.98 Å². The Morgan fingerprint density at radius 1 is 1.50 bits per heavy atom. The number of thiazole rings is 1. The molecule has 1 heterocycles. The van der Waals surface area contributed by atoms with Crippen molar-refractivity contribution >= 4 is 22.9 Å². The number of hydrogen-bond acceptors (Lipinski definition) is 3. The molecule has 84 valence electrons. The predicted molar refractivity (Wildman–Crippen MR) is 69.1 cm³/mol. The third-order valence-electron chi connectivity index (χ3n) is 2.46. The molecule has 1 N–H and O–H groups in total. The molecule has 2 nitrogen and oxygen atoms in total. The van der Waals surface area contributed by atoms with Crippen LogP contribution >= 0.6 is 22.9 Å². The second kappa shape index (κ2) is 5.43. The smallest absolute Gasteiger partial charge is 0.0943 e. The highest BCUT2D eigenvalue weighted by atomic mass is 35.5. The van der Waals surface area contributed by atoms with Crippen LogP contribution in [0.5, 0.6) is 0 Å². The SMILES string of the molecule is CNC(Cc1nccs1)c1cccc(Cl)c1. The third-order valence-corrected chi connectivity index (χ3v) is 3.50. The molecule has 4 heteroatoms. The normalized spacial score (nSPS) is 12.6. The highest BCUT2D eigenvalue weighted by Gasteiger charge is 2.11. The molecule has 16 heavy (non-hydrogen) atoms. The van der Waals surface area contributed by atoms with Gasteiger partial charge < -0.3 is 5.32 Å². The van der Waals surface area contributed by atoms with Crippen LogP contribution in [0.2, 0.25) is 5.02 Å². The van der Waals surface area contributed by atoms with Crippen molar-refractivity contribution in [3.05, 3.63) is 51.4 Å². The summed E-state index contributed by atoms with van der Waals surface area (Å²) in [7, 11) is 1.96. The van der Waals surface area contributed by atoms with Crippen molar-refractivity contribution in [2.24, 2.45) is 0 Å². The maximum atomic E-state index is 5.99. The van der Waals surface area contributed by atoms with E-state index in [1.54, 1.807) is 11.3 Å². The summed E-state index contributed by atoms with van der Waals surface area (Å²) in [5.41, 5.74) is 1.20. The van der Waals surface area contributed by atoms with Crippen molar-refractivity contribution in [2.45, 2.75) is 12.5 Å². The number of halogens is 1. The summed E-state index contributed by atoms with van der Waals surface area (Å²) >= 11 is 7.67. The van der Waals surface area contributed by atoms with Crippen molar-refractivity contribution in [1.82, 2.24) is 10.3 Å². The molecule has 0 amide bonds. The Hall–Kier alpha value is -0.900. The first-order valence-corrected chi connectivity index (χ1v) is 6.36. The van der Waals surface area contributed by atoms with Gasteiger partial charge >= 0.3 is 0 Å². The fourth-order valence-electron chi connectivity index (χ4n) is 1.64. The Balaban J connectivity index is 2.16. The zero-order valence-electron chi connectivity index (χ0n) is 8.98. The molecular weight excluding hydrogens is 240 g/mol. The minimum Gasteiger partial charge on any atom is -0.313 e. The van der Waals surface area contributed by atoms with Crippen molar-refractivity contribution in [3.63, 3.8) is 0 Å². The van der Waals surface area contributed by atoms with E-state index in [-0.39, 0.29) is 6.04 Å². The minimum absolute atomic E-state index is 0.268. The number of nitrogens with one attached hydrogen (secondary N) is 1. The first-order valence-electron chi connectivity index (χ1n) is 5.10. The zero-order chi connectivity index (χ0) is 11.4. The molecule has 1 unspecified atom stereocenters. The van der Waals surface area contributed by atoms with Gasteiger partial charge in [-0.1, -0.05) is 23.7 Å². The van der Waals surface area contributed by atoms with E-state index in [0.717, 1.165) is 16.5 Å². The number of hydrogen-bond donors (Lipinski definition) is 1. The maximum absolute atomic E-state index is 5.99. The van der Waals surface area contributed by atoms with Crippen LogP contribution in [0.3, 0.4) is 0 Å². The number of likely N-dealkylation sites (N-methyl/N-ethyl adjacent to an activating group) is 1. The van der Waals surface area contributed by atoms with E-state index in [1.807, 2.05) is 36.8 Å². The number of benzene rings is 1. The van der Waals surface area contributed by atoms with Gasteiger partial charge in [0, 0.05) is 29.1 Å². The summed E-state index contributed by atoms with van der Waals surface area (Å²) in [6.07, 6.45) is 2.74. The fourth-order valence-corrected chi connectivity index (χ4v) is 2.50. The predicted octanol–water partition coefficient (Wildman–Crippen LogP) is 3.30. The molecule has 0 aliphatic rings. The van der Waals surface area contributed by atoms with E-state index >= 15 is 0 Å². The fraction of sp³-hybridized carbons (Fsp3) is 0.250. The average molecular weight is 253 g/mol. The lowest BCUT2D eigenvalue weighted by Crippen LogP contribution is -2.18. The molecule has 0 bridgehead atoms. The second-order valence-electron chi connectivity index (χ2n) is 3.53. The Kier molecular flexibility index (Phi) is 3.93. The van der Waals surface area contributed by atoms with Gasteiger partial charge in [-0.2, -0.15) is 0 Å². The van der Waals surface area contributed by atoms with E-state index in [4.69, 9.17) is 11.6 Å². The summed E-state index contributed by atoms with van der Waals surface area (Å²) in [6.45, 7) is 0. The Bertz CT molecular complexity index is 442. The largest absolute Gasteiger partial charge is 0.313 e. The maximum Gasteiger partial charge on any atom is 0.0943 e. The number of aromatic nitrogens is 1. The van der Waals surface area contributed by atoms with Crippen LogP contribution in [0.4, 0.5) is 0 Å². The average Bonchev–Trinajstić information content (AvgIpc) is 2.78. The molecule has 0 aliphatic heterocycles. The third kappa shape index (κ3) is 2.82. The van der Waals surface area contributed by atoms with Gasteiger partial charge in [0.2, 0.25) is 0 Å². The molecule has 2 aromatic rings. The highest BCUT2D eigenvalue weighted by molar-refractivity contribution is 7.09. The molecule has 0 spiro atoms. The van der Waals surface area contributed by atoms with E-state index in [2.05, 4.69) is 16.4 Å². The van der Waals surface area contributed by atoms with Crippen LogP contribution in [-0.4, -0.2) is 12.0 Å². The lowest BCUT2D eigenvalue weighted by molar-refractivity contribution is 0.590. The first kappa shape index (κ1) is 11.6. The van der Waals surface area contributed by atoms with Gasteiger partial charge in [-0.3, -0.25) is 0 Å². The quantitative estimate of drug-likeness (QED) is 0.903. The van der Waals surface area contributed by atoms with Crippen molar-refractivity contribution < 1.29 is 0 Å². The number of nitrogens with zero attached hydrogens (tertiary/aromatic N) is 1. The molecule has 0 radical (unpaired) electrons. The molecule has 0 saturated heterocycles. The summed E-state index contributed by atoms with van der Waals surface area (Å²) < 4.78 is 0. The van der Waals surface area contributed by atoms with Crippen LogP contribution in [-0.2, 0) is 6.42 Å². The minimum atomic E-state index is 0.268. The van der Waals surface area contributed by atoms with Crippen LogP contribution in [0.1, 0.15) is 16.6 Å². The van der Waals surface area contributed by atoms with Crippen LogP contribution in [0.25, 0.3) is 0 Å². The number of rotatable bonds is 4. The molecule has 0 saturated carbocycles. The van der Waals surface area contributed by atoms with Crippen molar-refractivity contribution in [3.8, 4) is 0 Å². The molecule has 1 aromatic carbocycles. The molecular formula is C12H13ClN2S. The van der Waals surface area contributed by atoms with Crippen LogP contribution < -0.4 is 5.32 Å². The van der Waals surface area contributed by atoms with Gasteiger partial charge in [-0.05, 0) is 24.7 Å². The summed E-state index contributed by atoms with van der Waals surface area (Å²) in [4.78, 5) is 4.30. The van der Waals surface area contributed by atoms with Crippen LogP contribution in [0, 0.1) is 0 Å². The van der Waals surface area contributed by atoms with Crippen LogP contribution in [0.15, 0.2) is 35.8 Å². The van der Waals surface area contributed by atoms with Gasteiger partial charge in [0.1, 0.15) is 0 Å². The zero-order valence-corrected chi connectivity index (χ0v) is 10.6. The van der Waals surface area contributed by atoms with Crippen molar-refractivity contribution in [2.75, 3.05) is 7.05 Å². The van der Waals surface area contributed by atoms with E-state index in [1.165, 1.54) is 5.56 Å². The Morgan fingerprint density at radius 2 is 2.38 bits per heavy atom. The standard InChI is InChI=1S/C12H13ClN2S/c1-14-11(8-12-15-5-6-16-12)9-3-2-4-10(13)7-9/h2-7,11,14H,8H2,1H3. The van der Waals surface area contributed by atoms with Gasteiger partial charge in [0.15, 0.2) is 0 Å². The highest BCUT2D eigenvalue weighted by Crippen LogP contribution is 2.21. The lowest BCUT2D eigenvalue weighted by Gasteiger charge is -2.15. The molecule has 2 rings (SSSR count). The van der Waals surface area contributed by atoms with Gasteiger partial charge in [0.05, 0.1) is 5.01 Å². The van der Waals surface area contributed by atoms with Gasteiger partial charge in [-0.15, -0.1) is 11.3 Å². The monoisotopic (exact) mass is 252 g/mol. The summed E-state index contributed by atoms with van der Waals surface area (Å²) in [6, 6.07) is 8.21. The van der Waals surface area contributed by atoms with E-state index in [0.29, 0.717) is 0 Å². The molecule has 0 aliphatic carbocycles. The van der Waals surface area contributed by atoms with Gasteiger partial charge in [0.25, 0.3) is 0 Å². The Labute approximate surface area is 104 Å². The summed E-state index contributed by atoms with van der Waals surface area (Å²) in [5, 5.41) is 7.21. The summed E-state index contributed by atoms with van der Waals surface area (Å²) in [5.74, 6) is 0. The van der Waals surface area contributed by atoms with E-state index in [9.17, 15) is 0 Å². The van der Waals surface area contributed by atoms with E-state index < -0.39 is 0 Å². The lowest BCUT2D eigenvalue weighted by atomic mass is 10.0. The second-order valence-corrected chi connectivity index (χ2v) is 4.94. The topological polar surface area (TPSA) is 24.9 Å². The molecule has 0 fully saturated rings.